The summed E-state index contributed by atoms with van der Waals surface area (Å²) in [5, 5.41) is 17.4. The van der Waals surface area contributed by atoms with E-state index in [0.717, 1.165) is 72.8 Å². The molecule has 792 valence electrons. The first-order chi connectivity index (χ1) is 70.6. The Morgan fingerprint density at radius 2 is 0.574 bits per heavy atom. The summed E-state index contributed by atoms with van der Waals surface area (Å²) in [6.45, 7) is 37.5. The van der Waals surface area contributed by atoms with Gasteiger partial charge < -0.3 is 57.6 Å². The van der Waals surface area contributed by atoms with Crippen LogP contribution in [0, 0.1) is 5.92 Å². The summed E-state index contributed by atoms with van der Waals surface area (Å²) in [6, 6.07) is 84.2. The third-order valence-corrected chi connectivity index (χ3v) is 22.4. The Hall–Kier alpha value is -14.9. The van der Waals surface area contributed by atoms with Crippen molar-refractivity contribution in [2.45, 2.75) is 281 Å². The number of esters is 10. The Bertz CT molecular complexity index is 5450. The van der Waals surface area contributed by atoms with Gasteiger partial charge in [0.1, 0.15) is 48.8 Å². The zero-order valence-corrected chi connectivity index (χ0v) is 89.4. The number of carboxylic acids is 2. The Morgan fingerprint density at radius 3 is 0.851 bits per heavy atom. The molecule has 0 aliphatic heterocycles. The number of aryl methyl sites for hydroxylation is 2. The molecule has 148 heavy (non-hydrogen) atoms. The van der Waals surface area contributed by atoms with Crippen LogP contribution in [0.25, 0.3) is 18.2 Å². The fraction of sp³-hybridized carbons (Fsp3) is 0.371. The molecule has 0 heterocycles. The van der Waals surface area contributed by atoms with Gasteiger partial charge in [0.05, 0.1) is 52.2 Å². The van der Waals surface area contributed by atoms with Crippen LogP contribution in [0.5, 0.6) is 0 Å². The minimum absolute atomic E-state index is 0.0804. The van der Waals surface area contributed by atoms with Gasteiger partial charge in [0.25, 0.3) is 0 Å². The highest BCUT2D eigenvalue weighted by Gasteiger charge is 2.26. The van der Waals surface area contributed by atoms with Gasteiger partial charge in [-0.3, -0.25) is 9.59 Å². The van der Waals surface area contributed by atoms with Crippen molar-refractivity contribution in [3.63, 3.8) is 0 Å². The molecule has 10 aromatic rings. The van der Waals surface area contributed by atoms with Gasteiger partial charge in [-0.25, -0.2) is 47.9 Å². The largest absolute Gasteiger partial charge is 0.478 e. The molecule has 24 heteroatoms. The number of carbonyl (C=O) groups is 12. The Morgan fingerprint density at radius 1 is 0.297 bits per heavy atom. The maximum atomic E-state index is 12.4. The van der Waals surface area contributed by atoms with Crippen molar-refractivity contribution in [3.05, 3.63) is 375 Å². The normalized spacial score (nSPS) is 12.6. The van der Waals surface area contributed by atoms with E-state index in [9.17, 15) is 57.5 Å². The molecule has 0 bridgehead atoms. The Balaban J connectivity index is 0.000000367. The minimum Gasteiger partial charge on any atom is -0.478 e. The van der Waals surface area contributed by atoms with Crippen LogP contribution in [0.3, 0.4) is 0 Å². The summed E-state index contributed by atoms with van der Waals surface area (Å²) in [4.78, 5) is 139. The van der Waals surface area contributed by atoms with Crippen molar-refractivity contribution in [1.82, 2.24) is 0 Å². The van der Waals surface area contributed by atoms with Crippen LogP contribution in [0.15, 0.2) is 297 Å². The standard InChI is InChI=1S/C27H36O4.C23H24O4.C21H22O4.C20H22O4.C11H20O4.2C11H14O2/c1-5-7-9-22-11-15-24(16-12-22)26(28)30-20(3)19-21(4)31-27(29)25-17-13-23(14-18-25)10-8-6-2;1-18(26-22(24)15-13-20-9-5-3-6-10-20)17-19(2)27-23(25)16-14-21-11-7-4-8-12-21;1-16(24-20(22)14-13-18-9-5-3-6-10-18)15-17(2)25-21(23)19-11-7-4-8-12-19;1-3-18(24-20(22)17-12-8-5-9-13-17)15(2)14-23-19(21)16-10-6-4-7-11-16;1-4-9(15-11(13)6-3)7-8-14-10(12)5-2;2*1-11(2,3)9-6-4-8(5-7-9)10(12)13/h11-18,20-21H,5-10,19H2,1-4H3;3-16,18-19H,17H2,1-2H3;3-14,16-17H,15H2,1-2H3;4-13,15,18H,3,14H2,1-2H3;9H,4-8H2,1-3H3;2*4-7H,1-3H3,(H,12,13). The second-order valence-corrected chi connectivity index (χ2v) is 37.5. The molecule has 9 atom stereocenters. The Kier molecular flexibility index (Phi) is 59.3. The van der Waals surface area contributed by atoms with Crippen molar-refractivity contribution < 1.29 is 115 Å². The number of rotatable bonds is 43. The van der Waals surface area contributed by atoms with E-state index in [4.69, 9.17) is 57.6 Å². The predicted molar refractivity (Wildman–Crippen MR) is 580 cm³/mol. The number of carboxylic acid groups (broad SMARTS) is 2. The number of hydrogen-bond donors (Lipinski definition) is 2. The van der Waals surface area contributed by atoms with Gasteiger partial charge in [-0.2, -0.15) is 0 Å². The number of ether oxygens (including phenoxy) is 10. The molecule has 10 rings (SSSR count). The summed E-state index contributed by atoms with van der Waals surface area (Å²) in [5.41, 5.74) is 11.0. The zero-order chi connectivity index (χ0) is 109. The van der Waals surface area contributed by atoms with E-state index in [1.165, 1.54) is 29.4 Å². The van der Waals surface area contributed by atoms with E-state index < -0.39 is 29.8 Å². The summed E-state index contributed by atoms with van der Waals surface area (Å²) in [6.07, 6.45) is 17.4. The van der Waals surface area contributed by atoms with E-state index in [-0.39, 0.29) is 114 Å². The van der Waals surface area contributed by atoms with Gasteiger partial charge in [-0.05, 0) is 233 Å². The molecule has 9 unspecified atom stereocenters. The van der Waals surface area contributed by atoms with Crippen LogP contribution in [0.4, 0.5) is 0 Å². The number of carbonyl (C=O) groups excluding carboxylic acids is 10. The van der Waals surface area contributed by atoms with Gasteiger partial charge in [0.15, 0.2) is 0 Å². The summed E-state index contributed by atoms with van der Waals surface area (Å²) in [5.74, 6) is -5.33. The highest BCUT2D eigenvalue weighted by Crippen LogP contribution is 2.26. The lowest BCUT2D eigenvalue weighted by atomic mass is 9.87. The number of aromatic carboxylic acids is 2. The molecule has 0 saturated carbocycles. The van der Waals surface area contributed by atoms with E-state index in [1.807, 2.05) is 217 Å². The lowest BCUT2D eigenvalue weighted by molar-refractivity contribution is -0.152. The fourth-order valence-corrected chi connectivity index (χ4v) is 13.9. The summed E-state index contributed by atoms with van der Waals surface area (Å²) >= 11 is 0. The highest BCUT2D eigenvalue weighted by atomic mass is 16.6. The maximum absolute atomic E-state index is 12.4. The molecular formula is C124H152O24. The quantitative estimate of drug-likeness (QED) is 0.0204. The number of benzene rings is 10. The third kappa shape index (κ3) is 53.8. The van der Waals surface area contributed by atoms with E-state index in [2.05, 4.69) is 55.4 Å². The predicted octanol–water partition coefficient (Wildman–Crippen LogP) is 27.0. The van der Waals surface area contributed by atoms with Crippen LogP contribution in [-0.4, -0.2) is 144 Å². The van der Waals surface area contributed by atoms with Crippen molar-refractivity contribution in [3.8, 4) is 0 Å². The van der Waals surface area contributed by atoms with E-state index in [1.54, 1.807) is 157 Å². The molecule has 10 aromatic carbocycles. The minimum atomic E-state index is -0.875. The topological polar surface area (TPSA) is 338 Å². The molecule has 0 spiro atoms. The first-order valence-electron chi connectivity index (χ1n) is 50.7. The molecular weight excluding hydrogens is 1870 g/mol. The second-order valence-electron chi connectivity index (χ2n) is 37.5. The Labute approximate surface area is 875 Å². The summed E-state index contributed by atoms with van der Waals surface area (Å²) in [7, 11) is 0. The first-order valence-corrected chi connectivity index (χ1v) is 50.7. The van der Waals surface area contributed by atoms with Gasteiger partial charge in [0.2, 0.25) is 0 Å². The van der Waals surface area contributed by atoms with Crippen LogP contribution >= 0.6 is 0 Å². The fourth-order valence-electron chi connectivity index (χ4n) is 13.9. The summed E-state index contributed by atoms with van der Waals surface area (Å²) < 4.78 is 53.3. The monoisotopic (exact) mass is 2030 g/mol. The second kappa shape index (κ2) is 70.0. The lowest BCUT2D eigenvalue weighted by Gasteiger charge is -2.22. The smallest absolute Gasteiger partial charge is 0.338 e. The van der Waals surface area contributed by atoms with Crippen LogP contribution < -0.4 is 0 Å². The molecule has 24 nitrogen and oxygen atoms in total. The molecule has 0 radical (unpaired) electrons. The van der Waals surface area contributed by atoms with Gasteiger partial charge in [-0.15, -0.1) is 0 Å². The van der Waals surface area contributed by atoms with Crippen LogP contribution in [0.2, 0.25) is 0 Å². The van der Waals surface area contributed by atoms with E-state index in [0.29, 0.717) is 90.5 Å². The van der Waals surface area contributed by atoms with Gasteiger partial charge >= 0.3 is 71.6 Å². The first kappa shape index (κ1) is 125. The molecule has 2 N–H and O–H groups in total. The van der Waals surface area contributed by atoms with Crippen molar-refractivity contribution in [2.75, 3.05) is 13.2 Å². The molecule has 0 aliphatic rings. The van der Waals surface area contributed by atoms with Crippen LogP contribution in [0.1, 0.15) is 320 Å². The van der Waals surface area contributed by atoms with E-state index >= 15 is 0 Å². The number of unbranched alkanes of at least 4 members (excludes halogenated alkanes) is 2. The molecule has 0 aliphatic carbocycles. The maximum Gasteiger partial charge on any atom is 0.338 e. The van der Waals surface area contributed by atoms with Crippen LogP contribution in [-0.2, 0) is 95.0 Å². The zero-order valence-electron chi connectivity index (χ0n) is 89.4. The highest BCUT2D eigenvalue weighted by molar-refractivity contribution is 5.93. The van der Waals surface area contributed by atoms with Crippen molar-refractivity contribution in [1.29, 1.82) is 0 Å². The third-order valence-electron chi connectivity index (χ3n) is 22.4. The SMILES string of the molecule is CC(C)(C)c1ccc(C(=O)O)cc1.CC(C)(C)c1ccc(C(=O)O)cc1.CC(CC(C)OC(=O)C=Cc1ccccc1)OC(=O)C=Cc1ccccc1.CC(CC(C)OC(=O)c1ccccc1)OC(=O)C=Cc1ccccc1.CCC(=O)OCCC(CC)OC(=O)CC.CCC(OC(=O)c1ccccc1)C(C)COC(=O)c1ccccc1.CCCCc1ccc(C(=O)OC(C)CC(C)OC(=O)c2ccc(CCCC)cc2)cc1. The molecule has 0 amide bonds. The lowest BCUT2D eigenvalue weighted by Crippen LogP contribution is -2.28. The molecule has 0 saturated heterocycles. The molecule has 0 fully saturated rings. The van der Waals surface area contributed by atoms with Crippen molar-refractivity contribution in [2.24, 2.45) is 5.92 Å². The van der Waals surface area contributed by atoms with Gasteiger partial charge in [-0.1, -0.05) is 297 Å². The molecule has 0 aromatic heterocycles. The average molecular weight is 2030 g/mol. The average Bonchev–Trinajstić information content (AvgIpc) is 0.827. The van der Waals surface area contributed by atoms with Crippen molar-refractivity contribution >= 4 is 89.9 Å². The van der Waals surface area contributed by atoms with Gasteiger partial charge in [0, 0.05) is 62.7 Å². The number of hydrogen-bond acceptors (Lipinski definition) is 22.